The molecule has 1 aliphatic heterocycles. The van der Waals surface area contributed by atoms with E-state index in [9.17, 15) is 4.79 Å². The van der Waals surface area contributed by atoms with E-state index in [0.717, 1.165) is 28.5 Å². The largest absolute Gasteiger partial charge is 0.489 e. The average molecular weight is 287 g/mol. The molecule has 0 fully saturated rings. The molecular weight excluding hydrogens is 272 g/mol. The van der Waals surface area contributed by atoms with Crippen molar-refractivity contribution in [2.75, 3.05) is 11.5 Å². The smallest absolute Gasteiger partial charge is 0.307 e. The first-order valence-electron chi connectivity index (χ1n) is 5.82. The van der Waals surface area contributed by atoms with Crippen LogP contribution in [0.1, 0.15) is 12.5 Å². The number of benzene rings is 1. The average Bonchev–Trinajstić information content (AvgIpc) is 2.70. The second-order valence-electron chi connectivity index (χ2n) is 4.47. The van der Waals surface area contributed by atoms with Crippen molar-refractivity contribution in [3.8, 4) is 5.75 Å². The fourth-order valence-corrected chi connectivity index (χ4v) is 3.11. The standard InChI is InChI=1S/C13H15ClO3S/c1-8(13(15)16)6-18-7-11-5-9-4-10(14)2-3-12(9)17-11/h2-4,8,11H,5-7H2,1H3,(H,15,16). The molecule has 18 heavy (non-hydrogen) atoms. The van der Waals surface area contributed by atoms with Crippen LogP contribution in [0.2, 0.25) is 5.02 Å². The summed E-state index contributed by atoms with van der Waals surface area (Å²) in [5, 5.41) is 9.51. The number of carbonyl (C=O) groups is 1. The van der Waals surface area contributed by atoms with Gasteiger partial charge < -0.3 is 9.84 Å². The van der Waals surface area contributed by atoms with Crippen LogP contribution in [0.15, 0.2) is 18.2 Å². The summed E-state index contributed by atoms with van der Waals surface area (Å²) in [6.07, 6.45) is 0.981. The number of hydrogen-bond donors (Lipinski definition) is 1. The molecule has 0 amide bonds. The van der Waals surface area contributed by atoms with E-state index in [0.29, 0.717) is 5.75 Å². The normalized spacial score (nSPS) is 19.1. The van der Waals surface area contributed by atoms with E-state index in [1.165, 1.54) is 0 Å². The molecule has 1 aromatic rings. The van der Waals surface area contributed by atoms with Crippen molar-refractivity contribution < 1.29 is 14.6 Å². The maximum absolute atomic E-state index is 10.7. The monoisotopic (exact) mass is 286 g/mol. The van der Waals surface area contributed by atoms with E-state index in [1.807, 2.05) is 18.2 Å². The number of carboxylic acid groups (broad SMARTS) is 1. The quantitative estimate of drug-likeness (QED) is 0.903. The number of ether oxygens (including phenoxy) is 1. The minimum atomic E-state index is -0.745. The first-order valence-corrected chi connectivity index (χ1v) is 7.35. The molecule has 98 valence electrons. The lowest BCUT2D eigenvalue weighted by Gasteiger charge is -2.11. The fourth-order valence-electron chi connectivity index (χ4n) is 1.83. The van der Waals surface area contributed by atoms with Gasteiger partial charge >= 0.3 is 5.97 Å². The van der Waals surface area contributed by atoms with Crippen molar-refractivity contribution in [3.05, 3.63) is 28.8 Å². The Balaban J connectivity index is 1.80. The maximum Gasteiger partial charge on any atom is 0.307 e. The molecule has 0 aliphatic carbocycles. The molecule has 1 aliphatic rings. The Morgan fingerprint density at radius 3 is 3.17 bits per heavy atom. The van der Waals surface area contributed by atoms with E-state index < -0.39 is 5.97 Å². The Hall–Kier alpha value is -0.870. The molecule has 2 atom stereocenters. The molecule has 0 radical (unpaired) electrons. The predicted molar refractivity (Wildman–Crippen MR) is 73.7 cm³/mol. The summed E-state index contributed by atoms with van der Waals surface area (Å²) >= 11 is 7.55. The Morgan fingerprint density at radius 2 is 2.44 bits per heavy atom. The third-order valence-electron chi connectivity index (χ3n) is 2.86. The van der Waals surface area contributed by atoms with Gasteiger partial charge in [0, 0.05) is 22.9 Å². The van der Waals surface area contributed by atoms with Gasteiger partial charge in [0.05, 0.1) is 5.92 Å². The van der Waals surface area contributed by atoms with Crippen molar-refractivity contribution in [3.63, 3.8) is 0 Å². The van der Waals surface area contributed by atoms with E-state index in [4.69, 9.17) is 21.4 Å². The minimum Gasteiger partial charge on any atom is -0.489 e. The number of carboxylic acids is 1. The topological polar surface area (TPSA) is 46.5 Å². The second kappa shape index (κ2) is 5.85. The van der Waals surface area contributed by atoms with Crippen molar-refractivity contribution in [2.24, 2.45) is 5.92 Å². The van der Waals surface area contributed by atoms with Crippen molar-refractivity contribution in [1.82, 2.24) is 0 Å². The molecule has 5 heteroatoms. The molecule has 0 bridgehead atoms. The third kappa shape index (κ3) is 3.33. The van der Waals surface area contributed by atoms with Gasteiger partial charge in [-0.15, -0.1) is 0 Å². The maximum atomic E-state index is 10.7. The first kappa shape index (κ1) is 13.6. The fraction of sp³-hybridized carbons (Fsp3) is 0.462. The van der Waals surface area contributed by atoms with E-state index in [1.54, 1.807) is 18.7 Å². The van der Waals surface area contributed by atoms with Gasteiger partial charge in [-0.3, -0.25) is 4.79 Å². The molecule has 0 aromatic heterocycles. The van der Waals surface area contributed by atoms with Crippen LogP contribution in [-0.2, 0) is 11.2 Å². The summed E-state index contributed by atoms with van der Waals surface area (Å²) in [7, 11) is 0. The van der Waals surface area contributed by atoms with Gasteiger partial charge in [-0.2, -0.15) is 11.8 Å². The first-order chi connectivity index (χ1) is 8.56. The number of hydrogen-bond acceptors (Lipinski definition) is 3. The van der Waals surface area contributed by atoms with E-state index in [-0.39, 0.29) is 12.0 Å². The van der Waals surface area contributed by atoms with Crippen LogP contribution in [0, 0.1) is 5.92 Å². The zero-order chi connectivity index (χ0) is 13.1. The van der Waals surface area contributed by atoms with Gasteiger partial charge in [0.1, 0.15) is 11.9 Å². The molecule has 1 heterocycles. The number of thioether (sulfide) groups is 1. The van der Waals surface area contributed by atoms with Crippen LogP contribution < -0.4 is 4.74 Å². The molecule has 3 nitrogen and oxygen atoms in total. The molecular formula is C13H15ClO3S. The highest BCUT2D eigenvalue weighted by atomic mass is 35.5. The molecule has 1 N–H and O–H groups in total. The van der Waals surface area contributed by atoms with Crippen LogP contribution in [0.3, 0.4) is 0 Å². The highest BCUT2D eigenvalue weighted by Gasteiger charge is 2.23. The predicted octanol–water partition coefficient (Wildman–Crippen LogP) is 3.10. The molecule has 2 rings (SSSR count). The summed E-state index contributed by atoms with van der Waals surface area (Å²) in [5.41, 5.74) is 1.14. The van der Waals surface area contributed by atoms with Gasteiger partial charge in [0.15, 0.2) is 0 Å². The third-order valence-corrected chi connectivity index (χ3v) is 4.44. The lowest BCUT2D eigenvalue weighted by Crippen LogP contribution is -2.18. The summed E-state index contributed by atoms with van der Waals surface area (Å²) in [6.45, 7) is 1.72. The number of rotatable bonds is 5. The Kier molecular flexibility index (Phi) is 4.40. The molecule has 2 unspecified atom stereocenters. The van der Waals surface area contributed by atoms with Gasteiger partial charge in [-0.1, -0.05) is 18.5 Å². The summed E-state index contributed by atoms with van der Waals surface area (Å²) < 4.78 is 5.78. The van der Waals surface area contributed by atoms with Crippen molar-refractivity contribution >= 4 is 29.3 Å². The molecule has 0 saturated heterocycles. The van der Waals surface area contributed by atoms with Crippen LogP contribution in [0.25, 0.3) is 0 Å². The lowest BCUT2D eigenvalue weighted by atomic mass is 10.1. The molecule has 0 spiro atoms. The SMILES string of the molecule is CC(CSCC1Cc2cc(Cl)ccc2O1)C(=O)O. The zero-order valence-corrected chi connectivity index (χ0v) is 11.6. The summed E-state index contributed by atoms with van der Waals surface area (Å²) in [4.78, 5) is 10.7. The van der Waals surface area contributed by atoms with Gasteiger partial charge in [0.2, 0.25) is 0 Å². The Labute approximate surface area is 115 Å². The Morgan fingerprint density at radius 1 is 1.67 bits per heavy atom. The van der Waals surface area contributed by atoms with Gasteiger partial charge in [0.25, 0.3) is 0 Å². The highest BCUT2D eigenvalue weighted by molar-refractivity contribution is 7.99. The van der Waals surface area contributed by atoms with Crippen molar-refractivity contribution in [1.29, 1.82) is 0 Å². The number of halogens is 1. The molecule has 1 aromatic carbocycles. The lowest BCUT2D eigenvalue weighted by molar-refractivity contribution is -0.140. The van der Waals surface area contributed by atoms with E-state index >= 15 is 0 Å². The minimum absolute atomic E-state index is 0.129. The van der Waals surface area contributed by atoms with Crippen LogP contribution in [0.4, 0.5) is 0 Å². The summed E-state index contributed by atoms with van der Waals surface area (Å²) in [6, 6.07) is 5.64. The Bertz CT molecular complexity index is 450. The second-order valence-corrected chi connectivity index (χ2v) is 5.98. The van der Waals surface area contributed by atoms with Crippen LogP contribution >= 0.6 is 23.4 Å². The zero-order valence-electron chi connectivity index (χ0n) is 10.1. The van der Waals surface area contributed by atoms with Crippen molar-refractivity contribution in [2.45, 2.75) is 19.4 Å². The summed E-state index contributed by atoms with van der Waals surface area (Å²) in [5.74, 6) is 1.27. The highest BCUT2D eigenvalue weighted by Crippen LogP contribution is 2.32. The van der Waals surface area contributed by atoms with Crippen LogP contribution in [-0.4, -0.2) is 28.7 Å². The number of aliphatic carboxylic acids is 1. The van der Waals surface area contributed by atoms with Crippen LogP contribution in [0.5, 0.6) is 5.75 Å². The van der Waals surface area contributed by atoms with Gasteiger partial charge in [-0.25, -0.2) is 0 Å². The van der Waals surface area contributed by atoms with E-state index in [2.05, 4.69) is 0 Å². The molecule has 0 saturated carbocycles. The number of fused-ring (bicyclic) bond motifs is 1. The van der Waals surface area contributed by atoms with Gasteiger partial charge in [-0.05, 0) is 23.8 Å².